The van der Waals surface area contributed by atoms with E-state index in [1.54, 1.807) is 0 Å². The van der Waals surface area contributed by atoms with Crippen molar-refractivity contribution >= 4 is 106 Å². The molecule has 56 heavy (non-hydrogen) atoms. The number of benzene rings is 8. The van der Waals surface area contributed by atoms with Gasteiger partial charge in [0, 0.05) is 60.9 Å². The molecular formula is C49H26BN3O3. The van der Waals surface area contributed by atoms with Crippen LogP contribution in [0.1, 0.15) is 5.56 Å². The summed E-state index contributed by atoms with van der Waals surface area (Å²) in [7, 11) is 0. The Balaban J connectivity index is 1.15. The number of furan rings is 2. The molecule has 5 heterocycles. The van der Waals surface area contributed by atoms with Crippen molar-refractivity contribution in [3.05, 3.63) is 163 Å². The molecule has 0 unspecified atom stereocenters. The zero-order valence-electron chi connectivity index (χ0n) is 29.7. The lowest BCUT2D eigenvalue weighted by Gasteiger charge is -2.39. The van der Waals surface area contributed by atoms with Gasteiger partial charge in [-0.2, -0.15) is 5.26 Å². The van der Waals surface area contributed by atoms with Gasteiger partial charge in [0.15, 0.2) is 5.58 Å². The highest BCUT2D eigenvalue weighted by Crippen LogP contribution is 2.50. The summed E-state index contributed by atoms with van der Waals surface area (Å²) in [6.45, 7) is -0.231. The van der Waals surface area contributed by atoms with E-state index in [2.05, 4.69) is 131 Å². The number of hydrogen-bond donors (Lipinski definition) is 0. The van der Waals surface area contributed by atoms with Gasteiger partial charge in [-0.1, -0.05) is 84.9 Å². The van der Waals surface area contributed by atoms with Crippen LogP contribution in [-0.4, -0.2) is 11.3 Å². The lowest BCUT2D eigenvalue weighted by molar-refractivity contribution is 0.487. The second-order valence-corrected chi connectivity index (χ2v) is 14.7. The van der Waals surface area contributed by atoms with Gasteiger partial charge in [-0.25, -0.2) is 0 Å². The van der Waals surface area contributed by atoms with Crippen molar-refractivity contribution in [3.8, 4) is 23.3 Å². The first-order chi connectivity index (χ1) is 27.7. The minimum Gasteiger partial charge on any atom is -0.458 e. The molecule has 13 rings (SSSR count). The number of nitrogens with zero attached hydrogens (tertiary/aromatic N) is 3. The van der Waals surface area contributed by atoms with E-state index >= 15 is 0 Å². The van der Waals surface area contributed by atoms with Crippen molar-refractivity contribution in [1.82, 2.24) is 4.57 Å². The van der Waals surface area contributed by atoms with Crippen LogP contribution in [0.25, 0.3) is 71.4 Å². The van der Waals surface area contributed by atoms with Gasteiger partial charge in [0.25, 0.3) is 6.71 Å². The average Bonchev–Trinajstić information content (AvgIpc) is 3.93. The maximum atomic E-state index is 9.74. The molecular weight excluding hydrogens is 689 g/mol. The molecule has 0 bridgehead atoms. The molecule has 0 N–H and O–H groups in total. The third-order valence-electron chi connectivity index (χ3n) is 11.8. The molecule has 2 aliphatic rings. The fourth-order valence-electron chi connectivity index (χ4n) is 9.62. The zero-order valence-corrected chi connectivity index (χ0v) is 29.7. The number of ether oxygens (including phenoxy) is 1. The van der Waals surface area contributed by atoms with Crippen LogP contribution in [0.3, 0.4) is 0 Å². The van der Waals surface area contributed by atoms with Crippen LogP contribution >= 0.6 is 0 Å². The van der Waals surface area contributed by atoms with E-state index in [4.69, 9.17) is 13.6 Å². The normalized spacial score (nSPS) is 13.1. The van der Waals surface area contributed by atoms with E-state index in [-0.39, 0.29) is 6.71 Å². The Hall–Kier alpha value is -7.69. The summed E-state index contributed by atoms with van der Waals surface area (Å²) in [6.07, 6.45) is 0. The minimum atomic E-state index is -0.231. The molecule has 258 valence electrons. The van der Waals surface area contributed by atoms with Crippen LogP contribution < -0.4 is 26.0 Å². The van der Waals surface area contributed by atoms with Gasteiger partial charge >= 0.3 is 0 Å². The summed E-state index contributed by atoms with van der Waals surface area (Å²) in [5.74, 6) is 1.59. The Labute approximate surface area is 319 Å². The van der Waals surface area contributed by atoms with Crippen molar-refractivity contribution in [2.24, 2.45) is 0 Å². The number of anilines is 3. The molecule has 11 aromatic rings. The second-order valence-electron chi connectivity index (χ2n) is 14.7. The summed E-state index contributed by atoms with van der Waals surface area (Å²) in [5.41, 5.74) is 13.2. The van der Waals surface area contributed by atoms with Crippen LogP contribution in [0.15, 0.2) is 167 Å². The number of nitriles is 1. The van der Waals surface area contributed by atoms with Crippen LogP contribution in [0.4, 0.5) is 17.1 Å². The third-order valence-corrected chi connectivity index (χ3v) is 11.8. The number of para-hydroxylation sites is 4. The third kappa shape index (κ3) is 3.75. The molecule has 0 atom stereocenters. The van der Waals surface area contributed by atoms with Gasteiger partial charge < -0.3 is 23.0 Å². The molecule has 3 aromatic heterocycles. The van der Waals surface area contributed by atoms with Crippen molar-refractivity contribution in [1.29, 1.82) is 5.26 Å². The highest BCUT2D eigenvalue weighted by molar-refractivity contribution is 7.01. The van der Waals surface area contributed by atoms with Gasteiger partial charge in [-0.05, 0) is 77.7 Å². The largest absolute Gasteiger partial charge is 0.458 e. The van der Waals surface area contributed by atoms with Gasteiger partial charge in [0.1, 0.15) is 28.2 Å². The quantitative estimate of drug-likeness (QED) is 0.167. The fraction of sp³-hybridized carbons (Fsp3) is 0. The van der Waals surface area contributed by atoms with E-state index < -0.39 is 0 Å². The molecule has 0 saturated carbocycles. The summed E-state index contributed by atoms with van der Waals surface area (Å²) < 4.78 is 23.3. The van der Waals surface area contributed by atoms with Crippen LogP contribution in [-0.2, 0) is 0 Å². The van der Waals surface area contributed by atoms with Gasteiger partial charge in [-0.15, -0.1) is 0 Å². The highest BCUT2D eigenvalue weighted by Gasteiger charge is 2.46. The number of fused-ring (bicyclic) bond motifs is 16. The Bertz CT molecular complexity index is 3550. The number of rotatable bonds is 2. The molecule has 0 fully saturated rings. The van der Waals surface area contributed by atoms with Gasteiger partial charge in [0.05, 0.1) is 28.4 Å². The van der Waals surface area contributed by atoms with E-state index in [0.717, 1.165) is 116 Å². The maximum absolute atomic E-state index is 9.74. The first kappa shape index (κ1) is 29.7. The van der Waals surface area contributed by atoms with Crippen molar-refractivity contribution in [2.45, 2.75) is 0 Å². The van der Waals surface area contributed by atoms with Gasteiger partial charge in [-0.3, -0.25) is 0 Å². The molecule has 2 aliphatic heterocycles. The van der Waals surface area contributed by atoms with E-state index in [0.29, 0.717) is 5.56 Å². The molecule has 6 nitrogen and oxygen atoms in total. The monoisotopic (exact) mass is 715 g/mol. The SMILES string of the molecule is N#Cc1ccc2c(c1)c1ccccc1n2-c1ccc2c(c1)Oc1cccc3c1B2c1c(c2oc4ccccc4c2c2c1oc1ccccc12)N3c1ccccc1. The summed E-state index contributed by atoms with van der Waals surface area (Å²) in [6, 6.07) is 56.7. The van der Waals surface area contributed by atoms with Crippen LogP contribution in [0.5, 0.6) is 11.5 Å². The molecule has 7 heteroatoms. The first-order valence-electron chi connectivity index (χ1n) is 18.8. The standard InChI is InChI=1S/C49H26BN3O3/c51-27-28-21-24-37-34(25-28)31-13-4-7-16-36(31)52(37)30-22-23-35-42(26-30)54-41-20-10-17-38-45(41)50(35)46-47(53(38)29-11-2-1-3-12-29)49-44(33-15-6-9-19-40(33)56-49)43-32-14-5-8-18-39(32)55-48(43)46/h1-26H. The Morgan fingerprint density at radius 2 is 1.21 bits per heavy atom. The molecule has 0 aliphatic carbocycles. The minimum absolute atomic E-state index is 0.231. The second kappa shape index (κ2) is 10.7. The summed E-state index contributed by atoms with van der Waals surface area (Å²) in [4.78, 5) is 2.33. The fourth-order valence-corrected chi connectivity index (χ4v) is 9.62. The predicted octanol–water partition coefficient (Wildman–Crippen LogP) is 10.9. The lowest BCUT2D eigenvalue weighted by atomic mass is 9.34. The Kier molecular flexibility index (Phi) is 5.69. The topological polar surface area (TPSA) is 67.5 Å². The Morgan fingerprint density at radius 3 is 2.02 bits per heavy atom. The molecule has 0 amide bonds. The van der Waals surface area contributed by atoms with Crippen molar-refractivity contribution in [3.63, 3.8) is 0 Å². The van der Waals surface area contributed by atoms with Crippen molar-refractivity contribution in [2.75, 3.05) is 4.90 Å². The summed E-state index contributed by atoms with van der Waals surface area (Å²) >= 11 is 0. The van der Waals surface area contributed by atoms with Crippen LogP contribution in [0.2, 0.25) is 0 Å². The smallest absolute Gasteiger partial charge is 0.261 e. The zero-order chi connectivity index (χ0) is 36.6. The van der Waals surface area contributed by atoms with Gasteiger partial charge in [0.2, 0.25) is 0 Å². The van der Waals surface area contributed by atoms with Crippen molar-refractivity contribution < 1.29 is 13.6 Å². The number of hydrogen-bond acceptors (Lipinski definition) is 5. The maximum Gasteiger partial charge on any atom is 0.261 e. The van der Waals surface area contributed by atoms with E-state index in [1.807, 2.05) is 42.5 Å². The van der Waals surface area contributed by atoms with E-state index in [1.165, 1.54) is 0 Å². The first-order valence-corrected chi connectivity index (χ1v) is 18.8. The summed E-state index contributed by atoms with van der Waals surface area (Å²) in [5, 5.41) is 16.1. The van der Waals surface area contributed by atoms with E-state index in [9.17, 15) is 5.26 Å². The van der Waals surface area contributed by atoms with Crippen LogP contribution in [0, 0.1) is 11.3 Å². The Morgan fingerprint density at radius 1 is 0.518 bits per heavy atom. The average molecular weight is 716 g/mol. The highest BCUT2D eigenvalue weighted by atomic mass is 16.5. The molecule has 8 aromatic carbocycles. The molecule has 0 spiro atoms. The lowest BCUT2D eigenvalue weighted by Crippen LogP contribution is -2.59. The molecule has 0 radical (unpaired) electrons. The molecule has 0 saturated heterocycles. The predicted molar refractivity (Wildman–Crippen MR) is 226 cm³/mol. The number of aromatic nitrogens is 1.